The van der Waals surface area contributed by atoms with Gasteiger partial charge in [-0.05, 0) is 40.2 Å². The zero-order chi connectivity index (χ0) is 14.8. The van der Waals surface area contributed by atoms with Gasteiger partial charge in [-0.15, -0.1) is 10.2 Å². The number of ether oxygens (including phenoxy) is 1. The van der Waals surface area contributed by atoms with Crippen LogP contribution in [0.4, 0.5) is 0 Å². The molecule has 0 bridgehead atoms. The lowest BCUT2D eigenvalue weighted by atomic mass is 10.2. The zero-order valence-electron chi connectivity index (χ0n) is 10.7. The molecule has 0 radical (unpaired) electrons. The fourth-order valence-corrected chi connectivity index (χ4v) is 2.28. The molecule has 3 aromatic rings. The summed E-state index contributed by atoms with van der Waals surface area (Å²) in [6.07, 6.45) is 0. The van der Waals surface area contributed by atoms with Crippen molar-refractivity contribution in [3.05, 3.63) is 58.7 Å². The average Bonchev–Trinajstić information content (AvgIpc) is 2.49. The van der Waals surface area contributed by atoms with Gasteiger partial charge in [-0.2, -0.15) is 0 Å². The number of halogens is 1. The topological polar surface area (TPSA) is 72.3 Å². The minimum atomic E-state index is -1.18. The van der Waals surface area contributed by atoms with Gasteiger partial charge >= 0.3 is 5.97 Å². The molecule has 1 N–H and O–H groups in total. The molecule has 0 saturated carbocycles. The highest BCUT2D eigenvalue weighted by atomic mass is 79.9. The SMILES string of the molecule is O=C(O)c1nnc2ccccc2c1Oc1ccccc1Br. The number of fused-ring (bicyclic) bond motifs is 1. The van der Waals surface area contributed by atoms with Gasteiger partial charge in [-0.3, -0.25) is 0 Å². The van der Waals surface area contributed by atoms with Crippen LogP contribution in [0.2, 0.25) is 0 Å². The number of benzene rings is 2. The Balaban J connectivity index is 2.21. The van der Waals surface area contributed by atoms with Crippen molar-refractivity contribution in [2.75, 3.05) is 0 Å². The number of hydrogen-bond acceptors (Lipinski definition) is 4. The summed E-state index contributed by atoms with van der Waals surface area (Å²) in [7, 11) is 0. The van der Waals surface area contributed by atoms with Crippen molar-refractivity contribution < 1.29 is 14.6 Å². The summed E-state index contributed by atoms with van der Waals surface area (Å²) in [5.41, 5.74) is 0.356. The summed E-state index contributed by atoms with van der Waals surface area (Å²) in [6.45, 7) is 0. The molecule has 2 aromatic carbocycles. The number of para-hydroxylation sites is 1. The first-order valence-corrected chi connectivity index (χ1v) is 6.87. The lowest BCUT2D eigenvalue weighted by Gasteiger charge is -2.11. The Morgan fingerprint density at radius 1 is 1.05 bits per heavy atom. The average molecular weight is 345 g/mol. The van der Waals surface area contributed by atoms with E-state index in [1.54, 1.807) is 36.4 Å². The van der Waals surface area contributed by atoms with Crippen LogP contribution in [-0.2, 0) is 0 Å². The molecular formula is C15H9BrN2O3. The minimum absolute atomic E-state index is 0.181. The highest BCUT2D eigenvalue weighted by Gasteiger charge is 2.19. The van der Waals surface area contributed by atoms with E-state index in [1.807, 2.05) is 12.1 Å². The molecule has 0 aliphatic rings. The van der Waals surface area contributed by atoms with E-state index in [0.717, 1.165) is 4.47 Å². The molecule has 0 fully saturated rings. The summed E-state index contributed by atoms with van der Waals surface area (Å²) in [4.78, 5) is 11.3. The monoisotopic (exact) mass is 344 g/mol. The fraction of sp³-hybridized carbons (Fsp3) is 0. The second-order valence-corrected chi connectivity index (χ2v) is 5.09. The summed E-state index contributed by atoms with van der Waals surface area (Å²) >= 11 is 3.37. The molecule has 0 aliphatic carbocycles. The molecular weight excluding hydrogens is 336 g/mol. The van der Waals surface area contributed by atoms with Crippen LogP contribution in [0.15, 0.2) is 53.0 Å². The van der Waals surface area contributed by atoms with E-state index >= 15 is 0 Å². The van der Waals surface area contributed by atoms with E-state index in [4.69, 9.17) is 4.74 Å². The van der Waals surface area contributed by atoms with Gasteiger partial charge in [0.25, 0.3) is 0 Å². The van der Waals surface area contributed by atoms with Gasteiger partial charge in [0.05, 0.1) is 9.99 Å². The lowest BCUT2D eigenvalue weighted by Crippen LogP contribution is -2.06. The first-order chi connectivity index (χ1) is 10.2. The summed E-state index contributed by atoms with van der Waals surface area (Å²) < 4.78 is 6.51. The second kappa shape index (κ2) is 5.49. The van der Waals surface area contributed by atoms with Crippen molar-refractivity contribution in [3.8, 4) is 11.5 Å². The quantitative estimate of drug-likeness (QED) is 0.780. The standard InChI is InChI=1S/C15H9BrN2O3/c16-10-6-2-4-8-12(10)21-14-9-5-1-3-7-11(9)17-18-13(14)15(19)20/h1-8H,(H,19,20). The molecule has 0 aliphatic heterocycles. The summed E-state index contributed by atoms with van der Waals surface area (Å²) in [5, 5.41) is 17.5. The predicted molar refractivity (Wildman–Crippen MR) is 80.7 cm³/mol. The van der Waals surface area contributed by atoms with E-state index in [1.165, 1.54) is 0 Å². The number of nitrogens with zero attached hydrogens (tertiary/aromatic N) is 2. The maximum Gasteiger partial charge on any atom is 0.360 e. The van der Waals surface area contributed by atoms with E-state index in [-0.39, 0.29) is 11.4 Å². The molecule has 0 amide bonds. The minimum Gasteiger partial charge on any atom is -0.476 e. The number of hydrogen-bond donors (Lipinski definition) is 1. The first kappa shape index (κ1) is 13.5. The molecule has 3 rings (SSSR count). The van der Waals surface area contributed by atoms with Gasteiger partial charge in [-0.1, -0.05) is 24.3 Å². The van der Waals surface area contributed by atoms with Crippen LogP contribution >= 0.6 is 15.9 Å². The van der Waals surface area contributed by atoms with Crippen molar-refractivity contribution in [3.63, 3.8) is 0 Å². The number of aromatic nitrogens is 2. The Kier molecular flexibility index (Phi) is 3.53. The summed E-state index contributed by atoms with van der Waals surface area (Å²) in [5.74, 6) is -0.492. The van der Waals surface area contributed by atoms with Crippen LogP contribution in [0.25, 0.3) is 10.9 Å². The highest BCUT2D eigenvalue weighted by Crippen LogP contribution is 2.34. The largest absolute Gasteiger partial charge is 0.476 e. The highest BCUT2D eigenvalue weighted by molar-refractivity contribution is 9.10. The molecule has 0 saturated heterocycles. The van der Waals surface area contributed by atoms with Gasteiger partial charge in [0.2, 0.25) is 5.69 Å². The predicted octanol–water partition coefficient (Wildman–Crippen LogP) is 3.88. The van der Waals surface area contributed by atoms with Gasteiger partial charge in [0, 0.05) is 5.39 Å². The molecule has 0 atom stereocenters. The van der Waals surface area contributed by atoms with Crippen molar-refractivity contribution in [1.82, 2.24) is 10.2 Å². The van der Waals surface area contributed by atoms with Gasteiger partial charge < -0.3 is 9.84 Å². The van der Waals surface area contributed by atoms with E-state index in [2.05, 4.69) is 26.1 Å². The van der Waals surface area contributed by atoms with Crippen LogP contribution in [0, 0.1) is 0 Å². The van der Waals surface area contributed by atoms with Gasteiger partial charge in [0.1, 0.15) is 5.75 Å². The van der Waals surface area contributed by atoms with Crippen LogP contribution in [0.3, 0.4) is 0 Å². The molecule has 0 spiro atoms. The van der Waals surface area contributed by atoms with Gasteiger partial charge in [-0.25, -0.2) is 4.79 Å². The van der Waals surface area contributed by atoms with Crippen LogP contribution in [-0.4, -0.2) is 21.3 Å². The Morgan fingerprint density at radius 2 is 1.76 bits per heavy atom. The van der Waals surface area contributed by atoms with Crippen molar-refractivity contribution in [2.45, 2.75) is 0 Å². The second-order valence-electron chi connectivity index (χ2n) is 4.23. The number of carboxylic acid groups (broad SMARTS) is 1. The molecule has 1 heterocycles. The summed E-state index contributed by atoms with van der Waals surface area (Å²) in [6, 6.07) is 14.3. The zero-order valence-corrected chi connectivity index (χ0v) is 12.2. The lowest BCUT2D eigenvalue weighted by molar-refractivity contribution is 0.0686. The number of carbonyl (C=O) groups is 1. The number of aromatic carboxylic acids is 1. The normalized spacial score (nSPS) is 10.5. The maximum absolute atomic E-state index is 11.3. The third-order valence-corrected chi connectivity index (χ3v) is 3.53. The van der Waals surface area contributed by atoms with E-state index in [0.29, 0.717) is 16.7 Å². The number of carboxylic acids is 1. The van der Waals surface area contributed by atoms with Gasteiger partial charge in [0.15, 0.2) is 5.75 Å². The first-order valence-electron chi connectivity index (χ1n) is 6.08. The third-order valence-electron chi connectivity index (χ3n) is 2.87. The van der Waals surface area contributed by atoms with E-state index in [9.17, 15) is 9.90 Å². The third kappa shape index (κ3) is 2.57. The molecule has 21 heavy (non-hydrogen) atoms. The molecule has 0 unspecified atom stereocenters. The smallest absolute Gasteiger partial charge is 0.360 e. The van der Waals surface area contributed by atoms with Crippen molar-refractivity contribution >= 4 is 32.8 Å². The fourth-order valence-electron chi connectivity index (χ4n) is 1.91. The molecule has 104 valence electrons. The maximum atomic E-state index is 11.3. The van der Waals surface area contributed by atoms with Crippen LogP contribution < -0.4 is 4.74 Å². The Labute approximate surface area is 128 Å². The Bertz CT molecular complexity index is 836. The Hall–Kier alpha value is -2.47. The van der Waals surface area contributed by atoms with E-state index < -0.39 is 5.97 Å². The molecule has 5 nitrogen and oxygen atoms in total. The van der Waals surface area contributed by atoms with Crippen LogP contribution in [0.5, 0.6) is 11.5 Å². The van der Waals surface area contributed by atoms with Crippen molar-refractivity contribution in [2.24, 2.45) is 0 Å². The Morgan fingerprint density at radius 3 is 2.52 bits per heavy atom. The molecule has 1 aromatic heterocycles. The van der Waals surface area contributed by atoms with Crippen molar-refractivity contribution in [1.29, 1.82) is 0 Å². The van der Waals surface area contributed by atoms with Crippen LogP contribution in [0.1, 0.15) is 10.5 Å². The molecule has 6 heteroatoms. The number of rotatable bonds is 3.